The van der Waals surface area contributed by atoms with Crippen molar-refractivity contribution in [2.75, 3.05) is 19.8 Å². The molecule has 0 radical (unpaired) electrons. The molecule has 3 nitrogen and oxygen atoms in total. The van der Waals surface area contributed by atoms with E-state index in [1.54, 1.807) is 0 Å². The van der Waals surface area contributed by atoms with Gasteiger partial charge < -0.3 is 14.8 Å². The summed E-state index contributed by atoms with van der Waals surface area (Å²) >= 11 is 0. The van der Waals surface area contributed by atoms with Crippen molar-refractivity contribution in [1.82, 2.24) is 5.32 Å². The van der Waals surface area contributed by atoms with Crippen molar-refractivity contribution < 1.29 is 9.47 Å². The lowest BCUT2D eigenvalue weighted by molar-refractivity contribution is 0.112. The summed E-state index contributed by atoms with van der Waals surface area (Å²) in [4.78, 5) is 0. The van der Waals surface area contributed by atoms with Gasteiger partial charge in [-0.2, -0.15) is 0 Å². The van der Waals surface area contributed by atoms with E-state index in [0.29, 0.717) is 6.04 Å². The number of halogens is 1. The van der Waals surface area contributed by atoms with Crippen LogP contribution in [0.25, 0.3) is 6.08 Å². The fourth-order valence-corrected chi connectivity index (χ4v) is 3.44. The average molecular weight is 416 g/mol. The molecule has 158 valence electrons. The Labute approximate surface area is 181 Å². The maximum Gasteiger partial charge on any atom is 0.127 e. The molecule has 3 rings (SSSR count). The molecule has 0 unspecified atom stereocenters. The van der Waals surface area contributed by atoms with Crippen molar-refractivity contribution in [3.05, 3.63) is 66.2 Å². The van der Waals surface area contributed by atoms with Gasteiger partial charge in [0, 0.05) is 12.6 Å². The monoisotopic (exact) mass is 415 g/mol. The summed E-state index contributed by atoms with van der Waals surface area (Å²) < 4.78 is 11.6. The van der Waals surface area contributed by atoms with E-state index >= 15 is 0 Å². The third-order valence-corrected chi connectivity index (χ3v) is 5.06. The molecule has 2 aromatic rings. The highest BCUT2D eigenvalue weighted by Gasteiger charge is 2.13. The molecule has 1 fully saturated rings. The minimum Gasteiger partial charge on any atom is -0.457 e. The van der Waals surface area contributed by atoms with Gasteiger partial charge in [0.05, 0.1) is 6.61 Å². The Morgan fingerprint density at radius 1 is 0.897 bits per heavy atom. The van der Waals surface area contributed by atoms with Crippen LogP contribution in [-0.2, 0) is 4.74 Å². The van der Waals surface area contributed by atoms with Gasteiger partial charge in [-0.15, -0.1) is 12.4 Å². The van der Waals surface area contributed by atoms with Crippen molar-refractivity contribution in [2.45, 2.75) is 51.0 Å². The van der Waals surface area contributed by atoms with Crippen LogP contribution in [0, 0.1) is 0 Å². The Bertz CT molecular complexity index is 682. The minimum absolute atomic E-state index is 0. The average Bonchev–Trinajstić information content (AvgIpc) is 3.25. The van der Waals surface area contributed by atoms with Crippen molar-refractivity contribution in [3.8, 4) is 11.5 Å². The van der Waals surface area contributed by atoms with Crippen LogP contribution in [0.1, 0.15) is 50.5 Å². The van der Waals surface area contributed by atoms with E-state index in [4.69, 9.17) is 9.47 Å². The van der Waals surface area contributed by atoms with Crippen LogP contribution in [0.15, 0.2) is 60.7 Å². The molecule has 1 heterocycles. The highest BCUT2D eigenvalue weighted by molar-refractivity contribution is 5.85. The Morgan fingerprint density at radius 2 is 1.66 bits per heavy atom. The number of unbranched alkanes of at least 4 members (excludes halogenated alkanes) is 4. The van der Waals surface area contributed by atoms with Crippen LogP contribution < -0.4 is 10.1 Å². The van der Waals surface area contributed by atoms with E-state index in [0.717, 1.165) is 37.7 Å². The van der Waals surface area contributed by atoms with Gasteiger partial charge >= 0.3 is 0 Å². The van der Waals surface area contributed by atoms with Crippen LogP contribution in [0.3, 0.4) is 0 Å². The SMILES string of the molecule is C(=C\c1ccc(Oc2ccccc2)cc1)/CCCCCCOC[C@@H]1CCCN1.Cl. The molecule has 0 bridgehead atoms. The number of hydrogen-bond acceptors (Lipinski definition) is 3. The summed E-state index contributed by atoms with van der Waals surface area (Å²) in [6.07, 6.45) is 13.1. The zero-order valence-electron chi connectivity index (χ0n) is 17.2. The number of hydrogen-bond donors (Lipinski definition) is 1. The molecule has 1 aliphatic heterocycles. The molecule has 0 aromatic heterocycles. The first-order valence-corrected chi connectivity index (χ1v) is 10.7. The zero-order valence-corrected chi connectivity index (χ0v) is 18.0. The first-order valence-electron chi connectivity index (χ1n) is 10.7. The molecule has 1 atom stereocenters. The molecule has 0 amide bonds. The van der Waals surface area contributed by atoms with Crippen molar-refractivity contribution in [1.29, 1.82) is 0 Å². The number of para-hydroxylation sites is 1. The Kier molecular flexibility index (Phi) is 11.5. The maximum absolute atomic E-state index is 5.82. The number of nitrogens with one attached hydrogen (secondary N) is 1. The van der Waals surface area contributed by atoms with Crippen LogP contribution in [0.4, 0.5) is 0 Å². The number of allylic oxidation sites excluding steroid dienone is 1. The van der Waals surface area contributed by atoms with E-state index in [1.165, 1.54) is 44.1 Å². The molecular formula is C25H34ClNO2. The van der Waals surface area contributed by atoms with Gasteiger partial charge in [-0.3, -0.25) is 0 Å². The molecular weight excluding hydrogens is 382 g/mol. The van der Waals surface area contributed by atoms with Crippen LogP contribution >= 0.6 is 12.4 Å². The maximum atomic E-state index is 5.82. The van der Waals surface area contributed by atoms with Crippen LogP contribution in [0.5, 0.6) is 11.5 Å². The standard InChI is InChI=1S/C25H33NO2.ClH/c1(2-4-9-20-27-21-23-12-10-19-26-23)3-6-11-22-15-17-25(18-16-22)28-24-13-7-5-8-14-24;/h5-8,11,13-18,23,26H,1-4,9-10,12,19-21H2;1H/b11-6+;/t23-;/m0./s1. The normalized spacial score (nSPS) is 16.1. The molecule has 1 N–H and O–H groups in total. The molecule has 1 saturated heterocycles. The molecule has 0 spiro atoms. The van der Waals surface area contributed by atoms with Gasteiger partial charge in [-0.25, -0.2) is 0 Å². The Morgan fingerprint density at radius 3 is 2.41 bits per heavy atom. The summed E-state index contributed by atoms with van der Waals surface area (Å²) in [7, 11) is 0. The largest absolute Gasteiger partial charge is 0.457 e. The lowest BCUT2D eigenvalue weighted by Gasteiger charge is -2.10. The second kappa shape index (κ2) is 14.2. The van der Waals surface area contributed by atoms with Crippen molar-refractivity contribution in [3.63, 3.8) is 0 Å². The Balaban J connectivity index is 0.00000300. The van der Waals surface area contributed by atoms with E-state index in [-0.39, 0.29) is 12.4 Å². The number of rotatable bonds is 12. The summed E-state index contributed by atoms with van der Waals surface area (Å²) in [6, 6.07) is 18.7. The fraction of sp³-hybridized carbons (Fsp3) is 0.440. The van der Waals surface area contributed by atoms with Gasteiger partial charge in [-0.1, -0.05) is 55.3 Å². The topological polar surface area (TPSA) is 30.5 Å². The molecule has 4 heteroatoms. The first kappa shape index (κ1) is 23.5. The molecule has 0 saturated carbocycles. The molecule has 1 aliphatic rings. The second-order valence-electron chi connectivity index (χ2n) is 7.46. The van der Waals surface area contributed by atoms with E-state index in [2.05, 4.69) is 29.6 Å². The smallest absolute Gasteiger partial charge is 0.127 e. The van der Waals surface area contributed by atoms with Gasteiger partial charge in [0.15, 0.2) is 0 Å². The summed E-state index contributed by atoms with van der Waals surface area (Å²) in [5.41, 5.74) is 1.22. The summed E-state index contributed by atoms with van der Waals surface area (Å²) in [5.74, 6) is 1.74. The minimum atomic E-state index is 0. The van der Waals surface area contributed by atoms with Gasteiger partial charge in [0.25, 0.3) is 0 Å². The second-order valence-corrected chi connectivity index (χ2v) is 7.46. The predicted octanol–water partition coefficient (Wildman–Crippen LogP) is 6.63. The zero-order chi connectivity index (χ0) is 19.3. The predicted molar refractivity (Wildman–Crippen MR) is 124 cm³/mol. The summed E-state index contributed by atoms with van der Waals surface area (Å²) in [5, 5.41) is 3.47. The van der Waals surface area contributed by atoms with E-state index in [9.17, 15) is 0 Å². The van der Waals surface area contributed by atoms with E-state index < -0.39 is 0 Å². The van der Waals surface area contributed by atoms with Gasteiger partial charge in [0.1, 0.15) is 11.5 Å². The number of ether oxygens (including phenoxy) is 2. The molecule has 2 aromatic carbocycles. The molecule has 29 heavy (non-hydrogen) atoms. The third kappa shape index (κ3) is 9.49. The quantitative estimate of drug-likeness (QED) is 0.394. The van der Waals surface area contributed by atoms with Gasteiger partial charge in [0.2, 0.25) is 0 Å². The van der Waals surface area contributed by atoms with Crippen LogP contribution in [-0.4, -0.2) is 25.8 Å². The van der Waals surface area contributed by atoms with Crippen molar-refractivity contribution in [2.24, 2.45) is 0 Å². The highest BCUT2D eigenvalue weighted by atomic mass is 35.5. The molecule has 0 aliphatic carbocycles. The van der Waals surface area contributed by atoms with E-state index in [1.807, 2.05) is 42.5 Å². The lowest BCUT2D eigenvalue weighted by atomic mass is 10.1. The van der Waals surface area contributed by atoms with Crippen LogP contribution in [0.2, 0.25) is 0 Å². The van der Waals surface area contributed by atoms with Crippen molar-refractivity contribution >= 4 is 18.5 Å². The Hall–Kier alpha value is -1.81. The fourth-order valence-electron chi connectivity index (χ4n) is 3.44. The summed E-state index contributed by atoms with van der Waals surface area (Å²) in [6.45, 7) is 2.95. The lowest BCUT2D eigenvalue weighted by Crippen LogP contribution is -2.26. The van der Waals surface area contributed by atoms with Gasteiger partial charge in [-0.05, 0) is 68.5 Å². The number of benzene rings is 2. The highest BCUT2D eigenvalue weighted by Crippen LogP contribution is 2.21. The first-order chi connectivity index (χ1) is 13.9. The third-order valence-electron chi connectivity index (χ3n) is 5.06.